The molecule has 1 atom stereocenters. The summed E-state index contributed by atoms with van der Waals surface area (Å²) in [5.74, 6) is 0.829. The van der Waals surface area contributed by atoms with Crippen LogP contribution in [0.15, 0.2) is 72.8 Å². The molecule has 0 fully saturated rings. The van der Waals surface area contributed by atoms with Crippen LogP contribution >= 0.6 is 0 Å². The van der Waals surface area contributed by atoms with E-state index in [1.54, 1.807) is 0 Å². The molecule has 3 rings (SSSR count). The van der Waals surface area contributed by atoms with E-state index in [0.717, 1.165) is 42.7 Å². The monoisotopic (exact) mass is 584 g/mol. The van der Waals surface area contributed by atoms with E-state index in [9.17, 15) is 4.79 Å². The van der Waals surface area contributed by atoms with Gasteiger partial charge >= 0.3 is 5.97 Å². The van der Waals surface area contributed by atoms with Gasteiger partial charge in [-0.3, -0.25) is 4.79 Å². The summed E-state index contributed by atoms with van der Waals surface area (Å²) in [5, 5.41) is 0. The molecule has 3 aromatic rings. The molecule has 3 heteroatoms. The van der Waals surface area contributed by atoms with Gasteiger partial charge < -0.3 is 9.47 Å². The molecular weight excluding hydrogens is 528 g/mol. The van der Waals surface area contributed by atoms with Gasteiger partial charge in [-0.2, -0.15) is 0 Å². The zero-order valence-corrected chi connectivity index (χ0v) is 27.3. The van der Waals surface area contributed by atoms with Gasteiger partial charge in [0.15, 0.2) is 0 Å². The Balaban J connectivity index is 1.40. The van der Waals surface area contributed by atoms with Crippen molar-refractivity contribution in [2.24, 2.45) is 0 Å². The van der Waals surface area contributed by atoms with Crippen molar-refractivity contribution in [1.82, 2.24) is 0 Å². The maximum Gasteiger partial charge on any atom is 0.306 e. The number of hydrogen-bond acceptors (Lipinski definition) is 3. The topological polar surface area (TPSA) is 35.5 Å². The van der Waals surface area contributed by atoms with E-state index < -0.39 is 0 Å². The largest absolute Gasteiger partial charge is 0.494 e. The molecule has 0 aliphatic heterocycles. The normalized spacial score (nSPS) is 11.8. The second-order valence-corrected chi connectivity index (χ2v) is 12.0. The molecule has 0 heterocycles. The van der Waals surface area contributed by atoms with Crippen molar-refractivity contribution in [3.05, 3.63) is 78.4 Å². The van der Waals surface area contributed by atoms with Crippen LogP contribution in [0.4, 0.5) is 0 Å². The van der Waals surface area contributed by atoms with E-state index in [0.29, 0.717) is 6.42 Å². The summed E-state index contributed by atoms with van der Waals surface area (Å²) in [6.45, 7) is 7.21. The van der Waals surface area contributed by atoms with Crippen LogP contribution in [-0.2, 0) is 9.53 Å². The number of carbonyl (C=O) groups excluding carboxylic acids is 1. The van der Waals surface area contributed by atoms with Gasteiger partial charge in [0.2, 0.25) is 0 Å². The molecule has 1 unspecified atom stereocenters. The highest BCUT2D eigenvalue weighted by molar-refractivity contribution is 5.83. The number of rotatable bonds is 22. The molecule has 0 N–H and O–H groups in total. The zero-order valence-electron chi connectivity index (χ0n) is 27.3. The predicted molar refractivity (Wildman–Crippen MR) is 183 cm³/mol. The van der Waals surface area contributed by atoms with Crippen LogP contribution in [0, 0.1) is 0 Å². The maximum absolute atomic E-state index is 12.5. The molecule has 3 aromatic carbocycles. The number of carbonyl (C=O) groups is 1. The second kappa shape index (κ2) is 20.8. The Morgan fingerprint density at radius 2 is 1.05 bits per heavy atom. The average molecular weight is 585 g/mol. The lowest BCUT2D eigenvalue weighted by Gasteiger charge is -2.15. The lowest BCUT2D eigenvalue weighted by atomic mass is 9.94. The lowest BCUT2D eigenvalue weighted by molar-refractivity contribution is -0.148. The number of ether oxygens (including phenoxy) is 2. The van der Waals surface area contributed by atoms with Crippen molar-refractivity contribution in [3.63, 3.8) is 0 Å². The Labute approximate surface area is 262 Å². The zero-order chi connectivity index (χ0) is 30.5. The first kappa shape index (κ1) is 34.4. The summed E-state index contributed by atoms with van der Waals surface area (Å²) in [6, 6.07) is 25.3. The Bertz CT molecular complexity index is 1150. The highest BCUT2D eigenvalue weighted by Crippen LogP contribution is 2.34. The quantitative estimate of drug-likeness (QED) is 0.0870. The number of esters is 1. The fourth-order valence-corrected chi connectivity index (χ4v) is 5.63. The van der Waals surface area contributed by atoms with Crippen LogP contribution in [0.3, 0.4) is 0 Å². The van der Waals surface area contributed by atoms with Crippen LogP contribution in [0.2, 0.25) is 0 Å². The molecule has 234 valence electrons. The Hall–Kier alpha value is -3.07. The summed E-state index contributed by atoms with van der Waals surface area (Å²) in [4.78, 5) is 12.5. The first-order valence-corrected chi connectivity index (χ1v) is 17.2. The van der Waals surface area contributed by atoms with Crippen LogP contribution in [0.5, 0.6) is 5.75 Å². The molecule has 43 heavy (non-hydrogen) atoms. The van der Waals surface area contributed by atoms with Gasteiger partial charge in [-0.15, -0.1) is 0 Å². The van der Waals surface area contributed by atoms with Crippen molar-refractivity contribution in [1.29, 1.82) is 0 Å². The molecular formula is C40H56O3. The number of unbranched alkanes of at least 4 members (excludes halogenated alkanes) is 13. The smallest absolute Gasteiger partial charge is 0.306 e. The third kappa shape index (κ3) is 13.0. The summed E-state index contributed by atoms with van der Waals surface area (Å²) < 4.78 is 11.7. The minimum Gasteiger partial charge on any atom is -0.494 e. The minimum atomic E-state index is -0.251. The van der Waals surface area contributed by atoms with Crippen LogP contribution in [0.1, 0.15) is 135 Å². The number of hydrogen-bond donors (Lipinski definition) is 0. The van der Waals surface area contributed by atoms with Crippen molar-refractivity contribution in [3.8, 4) is 28.0 Å². The molecule has 0 aromatic heterocycles. The molecule has 0 amide bonds. The molecule has 0 aliphatic rings. The molecule has 0 spiro atoms. The summed E-state index contributed by atoms with van der Waals surface area (Å²) >= 11 is 0. The SMILES string of the molecule is CCCCCCCCCCCCCCC(=O)OC(C)c1ccc(-c2ccccc2-c2ccc(OCCCCC)cc2)cc1. The standard InChI is InChI=1S/C40H56O3/c1-4-6-8-9-10-11-12-13-14-15-16-17-23-40(41)43-33(3)34-24-26-35(27-25-34)38-21-18-19-22-39(38)36-28-30-37(31-29-36)42-32-20-7-5-2/h18-19,21-22,24-31,33H,4-17,20,23,32H2,1-3H3. The van der Waals surface area contributed by atoms with E-state index in [2.05, 4.69) is 86.6 Å². The van der Waals surface area contributed by atoms with Crippen molar-refractivity contribution >= 4 is 5.97 Å². The van der Waals surface area contributed by atoms with Gasteiger partial charge in [0, 0.05) is 6.42 Å². The van der Waals surface area contributed by atoms with E-state index >= 15 is 0 Å². The third-order valence-corrected chi connectivity index (χ3v) is 8.34. The average Bonchev–Trinajstić information content (AvgIpc) is 3.04. The van der Waals surface area contributed by atoms with Gasteiger partial charge in [0.1, 0.15) is 11.9 Å². The fourth-order valence-electron chi connectivity index (χ4n) is 5.63. The predicted octanol–water partition coefficient (Wildman–Crippen LogP) is 12.3. The Kier molecular flexibility index (Phi) is 16.6. The number of benzene rings is 3. The Morgan fingerprint density at radius 1 is 0.581 bits per heavy atom. The van der Waals surface area contributed by atoms with Crippen LogP contribution in [-0.4, -0.2) is 12.6 Å². The fraction of sp³-hybridized carbons (Fsp3) is 0.525. The molecule has 0 bridgehead atoms. The van der Waals surface area contributed by atoms with E-state index in [1.807, 2.05) is 6.92 Å². The van der Waals surface area contributed by atoms with Gasteiger partial charge in [0.05, 0.1) is 6.61 Å². The highest BCUT2D eigenvalue weighted by Gasteiger charge is 2.13. The van der Waals surface area contributed by atoms with E-state index in [4.69, 9.17) is 9.47 Å². The van der Waals surface area contributed by atoms with Gasteiger partial charge in [-0.1, -0.05) is 158 Å². The molecule has 3 nitrogen and oxygen atoms in total. The summed E-state index contributed by atoms with van der Waals surface area (Å²) in [7, 11) is 0. The van der Waals surface area contributed by atoms with Gasteiger partial charge in [0.25, 0.3) is 0 Å². The Morgan fingerprint density at radius 3 is 1.58 bits per heavy atom. The van der Waals surface area contributed by atoms with Gasteiger partial charge in [-0.05, 0) is 59.7 Å². The van der Waals surface area contributed by atoms with Crippen LogP contribution < -0.4 is 4.74 Å². The first-order chi connectivity index (χ1) is 21.1. The van der Waals surface area contributed by atoms with E-state index in [1.165, 1.54) is 93.7 Å². The maximum atomic E-state index is 12.5. The van der Waals surface area contributed by atoms with Crippen molar-refractivity contribution in [2.75, 3.05) is 6.61 Å². The summed E-state index contributed by atoms with van der Waals surface area (Å²) in [6.07, 6.45) is 19.3. The molecule has 0 aliphatic carbocycles. The second-order valence-electron chi connectivity index (χ2n) is 12.0. The molecule has 0 saturated carbocycles. The van der Waals surface area contributed by atoms with Gasteiger partial charge in [-0.25, -0.2) is 0 Å². The minimum absolute atomic E-state index is 0.0909. The first-order valence-electron chi connectivity index (χ1n) is 17.2. The highest BCUT2D eigenvalue weighted by atomic mass is 16.5. The third-order valence-electron chi connectivity index (χ3n) is 8.34. The molecule has 0 saturated heterocycles. The van der Waals surface area contributed by atoms with Crippen molar-refractivity contribution in [2.45, 2.75) is 130 Å². The van der Waals surface area contributed by atoms with Crippen LogP contribution in [0.25, 0.3) is 22.3 Å². The summed E-state index contributed by atoms with van der Waals surface area (Å²) in [5.41, 5.74) is 5.71. The van der Waals surface area contributed by atoms with Crippen molar-refractivity contribution < 1.29 is 14.3 Å². The van der Waals surface area contributed by atoms with E-state index in [-0.39, 0.29) is 12.1 Å². The lowest BCUT2D eigenvalue weighted by Crippen LogP contribution is -2.08. The molecule has 0 radical (unpaired) electrons.